The van der Waals surface area contributed by atoms with E-state index in [4.69, 9.17) is 4.74 Å². The third-order valence-corrected chi connectivity index (χ3v) is 9.52. The Balaban J connectivity index is -0.000000325. The molecule has 5 aliphatic heterocycles. The summed E-state index contributed by atoms with van der Waals surface area (Å²) < 4.78 is 9.16. The molecule has 0 aromatic carbocycles. The number of amides is 5. The quantitative estimate of drug-likeness (QED) is 0.0705. The summed E-state index contributed by atoms with van der Waals surface area (Å²) in [5, 5.41) is 0. The molecule has 0 bridgehead atoms. The summed E-state index contributed by atoms with van der Waals surface area (Å²) in [5.74, 6) is -1.67. The lowest BCUT2D eigenvalue weighted by Gasteiger charge is -2.13. The van der Waals surface area contributed by atoms with Crippen molar-refractivity contribution in [2.24, 2.45) is 0 Å². The number of hydrogen-bond donors (Lipinski definition) is 0. The summed E-state index contributed by atoms with van der Waals surface area (Å²) in [6.07, 6.45) is 33.8. The van der Waals surface area contributed by atoms with Crippen molar-refractivity contribution < 1.29 is 33.4 Å². The fourth-order valence-electron chi connectivity index (χ4n) is 6.00. The summed E-state index contributed by atoms with van der Waals surface area (Å²) >= 11 is 0. The first-order chi connectivity index (χ1) is 28.6. The Morgan fingerprint density at radius 2 is 0.774 bits per heavy atom. The molecule has 12 heteroatoms. The fraction of sp³-hybridized carbons (Fsp3) is 0.700. The van der Waals surface area contributed by atoms with E-state index in [2.05, 4.69) is 90.5 Å². The summed E-state index contributed by atoms with van der Waals surface area (Å²) in [7, 11) is 1.10. The van der Waals surface area contributed by atoms with E-state index in [-0.39, 0.29) is 34.1 Å². The maximum atomic E-state index is 11.0. The monoisotopic (exact) mass is 876 g/mol. The van der Waals surface area contributed by atoms with Crippen molar-refractivity contribution in [1.82, 2.24) is 24.5 Å². The van der Waals surface area contributed by atoms with Gasteiger partial charge in [0.15, 0.2) is 0 Å². The van der Waals surface area contributed by atoms with Crippen LogP contribution in [-0.4, -0.2) is 140 Å². The molecule has 5 amide bonds. The topological polar surface area (TPSA) is 120 Å². The molecule has 0 spiro atoms. The molecule has 360 valence electrons. The van der Waals surface area contributed by atoms with Crippen LogP contribution >= 0.6 is 0 Å². The first kappa shape index (κ1) is 64.9. The number of carbonyl (C=O) groups excluding carboxylic acids is 5. The Bertz CT molecular complexity index is 1170. The first-order valence-electron chi connectivity index (χ1n) is 22.5. The number of ether oxygens (including phenoxy) is 2. The van der Waals surface area contributed by atoms with Gasteiger partial charge in [0.2, 0.25) is 0 Å². The third kappa shape index (κ3) is 32.9. The molecule has 0 radical (unpaired) electrons. The molecular weight excluding hydrogens is 783 g/mol. The normalized spacial score (nSPS) is 15.8. The van der Waals surface area contributed by atoms with Gasteiger partial charge >= 0.3 is 6.09 Å². The van der Waals surface area contributed by atoms with Gasteiger partial charge in [-0.2, -0.15) is 4.90 Å². The van der Waals surface area contributed by atoms with E-state index in [0.717, 1.165) is 58.2 Å². The van der Waals surface area contributed by atoms with E-state index >= 15 is 0 Å². The van der Waals surface area contributed by atoms with Crippen molar-refractivity contribution in [3.05, 3.63) is 60.8 Å². The van der Waals surface area contributed by atoms with Gasteiger partial charge in [-0.15, -0.1) is 0 Å². The zero-order valence-corrected chi connectivity index (χ0v) is 38.0. The lowest BCUT2D eigenvalue weighted by Crippen LogP contribution is -2.35. The van der Waals surface area contributed by atoms with Crippen molar-refractivity contribution in [2.45, 2.75) is 147 Å². The van der Waals surface area contributed by atoms with Crippen LogP contribution in [0.2, 0.25) is 0 Å². The molecule has 0 fully saturated rings. The molecule has 0 unspecified atom stereocenters. The van der Waals surface area contributed by atoms with Gasteiger partial charge < -0.3 is 9.47 Å². The highest BCUT2D eigenvalue weighted by Gasteiger charge is 2.30. The van der Waals surface area contributed by atoms with Crippen molar-refractivity contribution in [3.63, 3.8) is 0 Å². The van der Waals surface area contributed by atoms with Crippen molar-refractivity contribution in [1.29, 1.82) is 0 Å². The van der Waals surface area contributed by atoms with Crippen LogP contribution in [0, 0.1) is 0 Å². The molecule has 0 N–H and O–H groups in total. The molecule has 0 aromatic heterocycles. The zero-order chi connectivity index (χ0) is 43.9. The van der Waals surface area contributed by atoms with Crippen LogP contribution in [0.3, 0.4) is 0 Å². The lowest BCUT2D eigenvalue weighted by molar-refractivity contribution is -0.137. The number of imide groups is 4. The standard InChI is InChI=1S/C9H13NO2.3C9H17N.C6H5NO4.C5H12O.3CH4/c1-2-3-4-7-10-8(11)5-6-9(10)12;3*1-2-3-4-7-10-8-5-6-9-10;1-11-6(10)7-4(8)2-3-5(7)9;1-3-5-6-4-2;;;/h5-6H,2-4,7H2,1H3;3*5-6H,2-4,7-9H2,1H3;2-3H,1H3;3-5H2,1-2H3;3*1H4. The van der Waals surface area contributed by atoms with Gasteiger partial charge in [0.25, 0.3) is 23.6 Å². The van der Waals surface area contributed by atoms with Gasteiger partial charge in [0.1, 0.15) is 0 Å². The van der Waals surface area contributed by atoms with Crippen LogP contribution in [0.25, 0.3) is 0 Å². The van der Waals surface area contributed by atoms with E-state index in [1.165, 1.54) is 134 Å². The van der Waals surface area contributed by atoms with Gasteiger partial charge in [-0.3, -0.25) is 38.8 Å². The van der Waals surface area contributed by atoms with Gasteiger partial charge in [-0.25, -0.2) is 4.79 Å². The molecule has 5 rings (SSSR count). The van der Waals surface area contributed by atoms with Crippen LogP contribution in [0.4, 0.5) is 4.79 Å². The van der Waals surface area contributed by atoms with Crippen LogP contribution < -0.4 is 0 Å². The van der Waals surface area contributed by atoms with E-state index in [0.29, 0.717) is 11.4 Å². The Hall–Kier alpha value is -3.71. The smallest absolute Gasteiger partial charge is 0.423 e. The average molecular weight is 876 g/mol. The molecule has 5 aliphatic rings. The van der Waals surface area contributed by atoms with Crippen LogP contribution in [0.5, 0.6) is 0 Å². The maximum absolute atomic E-state index is 11.0. The van der Waals surface area contributed by atoms with Crippen LogP contribution in [-0.2, 0) is 28.7 Å². The van der Waals surface area contributed by atoms with Crippen molar-refractivity contribution >= 4 is 29.7 Å². The van der Waals surface area contributed by atoms with Crippen LogP contribution in [0.1, 0.15) is 147 Å². The zero-order valence-electron chi connectivity index (χ0n) is 38.0. The Kier molecular flexibility index (Phi) is 47.4. The minimum Gasteiger partial charge on any atom is -0.452 e. The Labute approximate surface area is 380 Å². The van der Waals surface area contributed by atoms with E-state index in [1.807, 2.05) is 6.92 Å². The minimum absolute atomic E-state index is 0. The molecule has 0 aliphatic carbocycles. The average Bonchev–Trinajstić information content (AvgIpc) is 4.12. The van der Waals surface area contributed by atoms with E-state index < -0.39 is 17.9 Å². The maximum Gasteiger partial charge on any atom is 0.423 e. The van der Waals surface area contributed by atoms with Crippen molar-refractivity contribution in [3.8, 4) is 0 Å². The minimum atomic E-state index is -0.954. The lowest BCUT2D eigenvalue weighted by atomic mass is 10.2. The highest BCUT2D eigenvalue weighted by Crippen LogP contribution is 2.07. The predicted molar refractivity (Wildman–Crippen MR) is 261 cm³/mol. The van der Waals surface area contributed by atoms with E-state index in [1.54, 1.807) is 0 Å². The van der Waals surface area contributed by atoms with Crippen molar-refractivity contribution in [2.75, 3.05) is 85.8 Å². The molecule has 12 nitrogen and oxygen atoms in total. The number of rotatable bonds is 19. The summed E-state index contributed by atoms with van der Waals surface area (Å²) in [6.45, 7) is 26.3. The van der Waals surface area contributed by atoms with Gasteiger partial charge in [0, 0.05) is 83.3 Å². The SMILES string of the molecule is C.C.C.CCCCCN1C(=O)C=CC1=O.CCCCCN1CC=CC1.CCCCCN1CC=CC1.CCCCCN1CC=CC1.CCCOCC.COC(=O)N1C(=O)C=CC1=O. The van der Waals surface area contributed by atoms with Gasteiger partial charge in [-0.05, 0) is 58.7 Å². The molecular formula is C50H93N5O7. The molecule has 0 aromatic rings. The summed E-state index contributed by atoms with van der Waals surface area (Å²) in [6, 6.07) is 0. The number of unbranched alkanes of at least 4 members (excludes halogenated alkanes) is 8. The summed E-state index contributed by atoms with van der Waals surface area (Å²) in [5.41, 5.74) is 0. The molecule has 62 heavy (non-hydrogen) atoms. The highest BCUT2D eigenvalue weighted by molar-refractivity contribution is 6.21. The first-order valence-corrected chi connectivity index (χ1v) is 22.5. The van der Waals surface area contributed by atoms with Gasteiger partial charge in [-0.1, -0.05) is 145 Å². The molecule has 0 saturated heterocycles. The number of methoxy groups -OCH3 is 1. The van der Waals surface area contributed by atoms with E-state index in [9.17, 15) is 24.0 Å². The molecule has 0 saturated carbocycles. The third-order valence-electron chi connectivity index (χ3n) is 9.52. The second kappa shape index (κ2) is 45.3. The second-order valence-electron chi connectivity index (χ2n) is 14.7. The fourth-order valence-corrected chi connectivity index (χ4v) is 6.00. The second-order valence-corrected chi connectivity index (χ2v) is 14.7. The van der Waals surface area contributed by atoms with Gasteiger partial charge in [0.05, 0.1) is 7.11 Å². The number of hydrogen-bond acceptors (Lipinski definition) is 10. The Morgan fingerprint density at radius 1 is 0.468 bits per heavy atom. The predicted octanol–water partition coefficient (Wildman–Crippen LogP) is 10.3. The molecule has 0 atom stereocenters. The number of nitrogens with zero attached hydrogens (tertiary/aromatic N) is 5. The molecule has 5 heterocycles. The van der Waals surface area contributed by atoms with Crippen LogP contribution in [0.15, 0.2) is 60.8 Å². The summed E-state index contributed by atoms with van der Waals surface area (Å²) in [4.78, 5) is 63.2. The largest absolute Gasteiger partial charge is 0.452 e. The Morgan fingerprint density at radius 3 is 1.03 bits per heavy atom. The highest BCUT2D eigenvalue weighted by atomic mass is 16.5. The number of carbonyl (C=O) groups is 5.